The van der Waals surface area contributed by atoms with Crippen molar-refractivity contribution in [3.63, 3.8) is 0 Å². The van der Waals surface area contributed by atoms with Crippen molar-refractivity contribution in [1.82, 2.24) is 14.3 Å². The molecule has 0 heterocycles. The first-order chi connectivity index (χ1) is 7.94. The lowest BCUT2D eigenvalue weighted by Gasteiger charge is -2.19. The fourth-order valence-electron chi connectivity index (χ4n) is 1.27. The standard InChI is InChI=1S/C10H25N3O3S/c1-5-16-10(2)9-12-17(14,15)13(4)8-6-7-11-3/h10-12H,5-9H2,1-4H3. The molecule has 0 bridgehead atoms. The minimum atomic E-state index is -3.38. The largest absolute Gasteiger partial charge is 0.377 e. The van der Waals surface area contributed by atoms with Crippen LogP contribution in [-0.4, -0.2) is 59.2 Å². The van der Waals surface area contributed by atoms with E-state index in [1.165, 1.54) is 4.31 Å². The number of nitrogens with zero attached hydrogens (tertiary/aromatic N) is 1. The molecule has 0 aromatic carbocycles. The van der Waals surface area contributed by atoms with Crippen LogP contribution in [0.3, 0.4) is 0 Å². The van der Waals surface area contributed by atoms with E-state index < -0.39 is 10.2 Å². The van der Waals surface area contributed by atoms with E-state index in [0.29, 0.717) is 19.7 Å². The molecule has 0 spiro atoms. The molecule has 1 unspecified atom stereocenters. The van der Waals surface area contributed by atoms with Gasteiger partial charge in [-0.1, -0.05) is 0 Å². The van der Waals surface area contributed by atoms with Gasteiger partial charge in [-0.2, -0.15) is 17.4 Å². The lowest BCUT2D eigenvalue weighted by molar-refractivity contribution is 0.0797. The summed E-state index contributed by atoms with van der Waals surface area (Å²) in [5, 5.41) is 2.98. The van der Waals surface area contributed by atoms with Gasteiger partial charge in [0.2, 0.25) is 0 Å². The first kappa shape index (κ1) is 16.8. The molecule has 6 nitrogen and oxygen atoms in total. The van der Waals surface area contributed by atoms with Crippen LogP contribution in [0.5, 0.6) is 0 Å². The third-order valence-electron chi connectivity index (χ3n) is 2.31. The highest BCUT2D eigenvalue weighted by Gasteiger charge is 2.17. The van der Waals surface area contributed by atoms with E-state index in [1.807, 2.05) is 20.9 Å². The lowest BCUT2D eigenvalue weighted by Crippen LogP contribution is -2.42. The number of hydrogen-bond acceptors (Lipinski definition) is 4. The van der Waals surface area contributed by atoms with Crippen LogP contribution in [0.25, 0.3) is 0 Å². The van der Waals surface area contributed by atoms with E-state index in [1.54, 1.807) is 7.05 Å². The molecule has 0 aromatic heterocycles. The molecule has 0 fully saturated rings. The zero-order valence-corrected chi connectivity index (χ0v) is 12.0. The Morgan fingerprint density at radius 3 is 2.59 bits per heavy atom. The van der Waals surface area contributed by atoms with Gasteiger partial charge in [0.1, 0.15) is 0 Å². The van der Waals surface area contributed by atoms with Gasteiger partial charge in [0, 0.05) is 26.7 Å². The number of nitrogens with one attached hydrogen (secondary N) is 2. The third-order valence-corrected chi connectivity index (χ3v) is 3.85. The van der Waals surface area contributed by atoms with E-state index in [4.69, 9.17) is 4.74 Å². The first-order valence-electron chi connectivity index (χ1n) is 5.91. The van der Waals surface area contributed by atoms with Gasteiger partial charge in [-0.05, 0) is 33.9 Å². The summed E-state index contributed by atoms with van der Waals surface area (Å²) >= 11 is 0. The molecule has 0 saturated carbocycles. The van der Waals surface area contributed by atoms with Gasteiger partial charge in [-0.3, -0.25) is 0 Å². The quantitative estimate of drug-likeness (QED) is 0.537. The highest BCUT2D eigenvalue weighted by atomic mass is 32.2. The fraction of sp³-hybridized carbons (Fsp3) is 1.00. The number of rotatable bonds is 10. The van der Waals surface area contributed by atoms with Crippen LogP contribution >= 0.6 is 0 Å². The van der Waals surface area contributed by atoms with E-state index in [2.05, 4.69) is 10.0 Å². The minimum Gasteiger partial charge on any atom is -0.377 e. The van der Waals surface area contributed by atoms with Crippen molar-refractivity contribution < 1.29 is 13.2 Å². The molecule has 0 radical (unpaired) electrons. The molecule has 0 saturated heterocycles. The Balaban J connectivity index is 4.00. The lowest BCUT2D eigenvalue weighted by atomic mass is 10.4. The predicted octanol–water partition coefficient (Wildman–Crippen LogP) is -0.213. The van der Waals surface area contributed by atoms with E-state index in [9.17, 15) is 8.42 Å². The summed E-state index contributed by atoms with van der Waals surface area (Å²) < 4.78 is 32.7. The number of ether oxygens (including phenoxy) is 1. The molecule has 7 heteroatoms. The second-order valence-corrected chi connectivity index (χ2v) is 5.76. The van der Waals surface area contributed by atoms with Crippen molar-refractivity contribution in [1.29, 1.82) is 0 Å². The molecule has 17 heavy (non-hydrogen) atoms. The summed E-state index contributed by atoms with van der Waals surface area (Å²) in [6.45, 7) is 5.91. The van der Waals surface area contributed by atoms with Crippen LogP contribution in [0, 0.1) is 0 Å². The van der Waals surface area contributed by atoms with Crippen molar-refractivity contribution >= 4 is 10.2 Å². The zero-order valence-electron chi connectivity index (χ0n) is 11.2. The Labute approximate surface area is 105 Å². The molecule has 2 N–H and O–H groups in total. The predicted molar refractivity (Wildman–Crippen MR) is 69.2 cm³/mol. The fourth-order valence-corrected chi connectivity index (χ4v) is 2.31. The van der Waals surface area contributed by atoms with Crippen LogP contribution in [0.4, 0.5) is 0 Å². The average Bonchev–Trinajstić information content (AvgIpc) is 2.27. The van der Waals surface area contributed by atoms with Crippen LogP contribution in [0.2, 0.25) is 0 Å². The molecule has 0 aromatic rings. The highest BCUT2D eigenvalue weighted by molar-refractivity contribution is 7.87. The Morgan fingerprint density at radius 2 is 2.06 bits per heavy atom. The van der Waals surface area contributed by atoms with Crippen LogP contribution in [-0.2, 0) is 14.9 Å². The molecule has 1 atom stereocenters. The maximum atomic E-state index is 11.8. The maximum Gasteiger partial charge on any atom is 0.279 e. The van der Waals surface area contributed by atoms with Crippen molar-refractivity contribution in [3.05, 3.63) is 0 Å². The van der Waals surface area contributed by atoms with Crippen LogP contribution < -0.4 is 10.0 Å². The molecule has 0 aliphatic heterocycles. The Morgan fingerprint density at radius 1 is 1.41 bits per heavy atom. The van der Waals surface area contributed by atoms with E-state index in [-0.39, 0.29) is 6.10 Å². The number of hydrogen-bond donors (Lipinski definition) is 2. The van der Waals surface area contributed by atoms with Crippen molar-refractivity contribution in [2.24, 2.45) is 0 Å². The van der Waals surface area contributed by atoms with Gasteiger partial charge < -0.3 is 10.1 Å². The molecular weight excluding hydrogens is 242 g/mol. The van der Waals surface area contributed by atoms with Gasteiger partial charge in [-0.25, -0.2) is 0 Å². The Kier molecular flexibility index (Phi) is 8.71. The summed E-state index contributed by atoms with van der Waals surface area (Å²) in [5.74, 6) is 0. The van der Waals surface area contributed by atoms with Crippen molar-refractivity contribution in [3.8, 4) is 0 Å². The molecule has 0 aliphatic rings. The van der Waals surface area contributed by atoms with Crippen LogP contribution in [0.1, 0.15) is 20.3 Å². The maximum absolute atomic E-state index is 11.8. The SMILES string of the molecule is CCOC(C)CNS(=O)(=O)N(C)CCCNC. The van der Waals surface area contributed by atoms with E-state index >= 15 is 0 Å². The normalized spacial score (nSPS) is 14.2. The second-order valence-electron chi connectivity index (χ2n) is 3.90. The first-order valence-corrected chi connectivity index (χ1v) is 7.35. The average molecular weight is 267 g/mol. The van der Waals surface area contributed by atoms with Gasteiger partial charge in [0.25, 0.3) is 10.2 Å². The minimum absolute atomic E-state index is 0.111. The summed E-state index contributed by atoms with van der Waals surface area (Å²) in [6, 6.07) is 0. The Bertz CT molecular complexity index is 283. The molecule has 0 amide bonds. The van der Waals surface area contributed by atoms with E-state index in [0.717, 1.165) is 13.0 Å². The second kappa shape index (κ2) is 8.82. The molecular formula is C10H25N3O3S. The summed E-state index contributed by atoms with van der Waals surface area (Å²) in [5.41, 5.74) is 0. The third kappa shape index (κ3) is 7.67. The van der Waals surface area contributed by atoms with Crippen molar-refractivity contribution in [2.75, 3.05) is 40.3 Å². The summed E-state index contributed by atoms with van der Waals surface area (Å²) in [7, 11) is 0.0380. The summed E-state index contributed by atoms with van der Waals surface area (Å²) in [6.07, 6.45) is 0.676. The topological polar surface area (TPSA) is 70.7 Å². The summed E-state index contributed by atoms with van der Waals surface area (Å²) in [4.78, 5) is 0. The monoisotopic (exact) mass is 267 g/mol. The van der Waals surface area contributed by atoms with Gasteiger partial charge in [0.15, 0.2) is 0 Å². The van der Waals surface area contributed by atoms with Crippen LogP contribution in [0.15, 0.2) is 0 Å². The van der Waals surface area contributed by atoms with Gasteiger partial charge in [-0.15, -0.1) is 0 Å². The van der Waals surface area contributed by atoms with Gasteiger partial charge >= 0.3 is 0 Å². The van der Waals surface area contributed by atoms with Crippen molar-refractivity contribution in [2.45, 2.75) is 26.4 Å². The molecule has 0 aliphatic carbocycles. The smallest absolute Gasteiger partial charge is 0.279 e. The van der Waals surface area contributed by atoms with Gasteiger partial charge in [0.05, 0.1) is 6.10 Å². The molecule has 0 rings (SSSR count). The molecule has 104 valence electrons. The Hall–Kier alpha value is -0.210. The highest BCUT2D eigenvalue weighted by Crippen LogP contribution is 1.97. The zero-order chi connectivity index (χ0) is 13.3.